The summed E-state index contributed by atoms with van der Waals surface area (Å²) in [6, 6.07) is 27.2. The second kappa shape index (κ2) is 8.12. The Labute approximate surface area is 232 Å². The lowest BCUT2D eigenvalue weighted by atomic mass is 9.57. The molecule has 4 atom stereocenters. The maximum absolute atomic E-state index is 14.9. The van der Waals surface area contributed by atoms with Crippen molar-refractivity contribution in [3.63, 3.8) is 0 Å². The van der Waals surface area contributed by atoms with Gasteiger partial charge in [0.25, 0.3) is 5.91 Å². The van der Waals surface area contributed by atoms with Gasteiger partial charge in [0.1, 0.15) is 11.0 Å². The first-order valence-corrected chi connectivity index (χ1v) is 14.2. The van der Waals surface area contributed by atoms with Crippen molar-refractivity contribution in [2.75, 3.05) is 17.2 Å². The number of nitrogens with one attached hydrogen (secondary N) is 2. The molecule has 0 saturated carbocycles. The molecule has 2 spiro atoms. The van der Waals surface area contributed by atoms with Crippen molar-refractivity contribution in [3.8, 4) is 0 Å². The van der Waals surface area contributed by atoms with Crippen molar-refractivity contribution in [3.05, 3.63) is 107 Å². The highest BCUT2D eigenvalue weighted by Gasteiger charge is 2.81. The van der Waals surface area contributed by atoms with Crippen LogP contribution in [-0.4, -0.2) is 35.1 Å². The van der Waals surface area contributed by atoms with Crippen LogP contribution in [0.1, 0.15) is 46.8 Å². The van der Waals surface area contributed by atoms with Crippen LogP contribution in [-0.2, 0) is 27.0 Å². The predicted octanol–water partition coefficient (Wildman–Crippen LogP) is 5.42. The van der Waals surface area contributed by atoms with E-state index in [1.54, 1.807) is 0 Å². The quantitative estimate of drug-likeness (QED) is 0.349. The Hall–Kier alpha value is -4.29. The molecule has 0 radical (unpaired) electrons. The largest absolute Gasteiger partial charge is 0.325 e. The molecule has 2 fully saturated rings. The summed E-state index contributed by atoms with van der Waals surface area (Å²) in [5.41, 5.74) is 1.87. The first kappa shape index (κ1) is 23.6. The first-order valence-electron chi connectivity index (χ1n) is 14.2. The molecule has 4 aromatic rings. The van der Waals surface area contributed by atoms with Crippen LogP contribution in [0.2, 0.25) is 0 Å². The summed E-state index contributed by atoms with van der Waals surface area (Å²) in [5, 5.41) is 8.30. The minimum Gasteiger partial charge on any atom is -0.325 e. The van der Waals surface area contributed by atoms with Crippen LogP contribution < -0.4 is 10.6 Å². The number of hydrogen-bond acceptors (Lipinski definition) is 4. The van der Waals surface area contributed by atoms with E-state index in [2.05, 4.69) is 28.5 Å². The number of carbonyl (C=O) groups is 3. The van der Waals surface area contributed by atoms with Gasteiger partial charge in [0, 0.05) is 28.5 Å². The molecule has 0 bridgehead atoms. The van der Waals surface area contributed by atoms with Crippen molar-refractivity contribution in [1.82, 2.24) is 4.90 Å². The van der Waals surface area contributed by atoms with Gasteiger partial charge in [-0.25, -0.2) is 0 Å². The normalized spacial score (nSPS) is 28.1. The summed E-state index contributed by atoms with van der Waals surface area (Å²) >= 11 is 0. The van der Waals surface area contributed by atoms with E-state index in [0.29, 0.717) is 17.8 Å². The van der Waals surface area contributed by atoms with Crippen LogP contribution in [0, 0.1) is 5.92 Å². The van der Waals surface area contributed by atoms with Crippen LogP contribution in [0.3, 0.4) is 0 Å². The van der Waals surface area contributed by atoms with Gasteiger partial charge >= 0.3 is 0 Å². The van der Waals surface area contributed by atoms with Gasteiger partial charge in [-0.15, -0.1) is 0 Å². The van der Waals surface area contributed by atoms with Crippen molar-refractivity contribution >= 4 is 39.7 Å². The Bertz CT molecular complexity index is 1780. The molecule has 6 heteroatoms. The molecule has 2 amide bonds. The number of amides is 2. The van der Waals surface area contributed by atoms with Gasteiger partial charge in [0.2, 0.25) is 5.91 Å². The van der Waals surface area contributed by atoms with Gasteiger partial charge in [-0.1, -0.05) is 73.7 Å². The fourth-order valence-corrected chi connectivity index (χ4v) is 8.37. The molecule has 198 valence electrons. The van der Waals surface area contributed by atoms with Crippen molar-refractivity contribution in [2.24, 2.45) is 5.92 Å². The highest BCUT2D eigenvalue weighted by Crippen LogP contribution is 2.67. The third-order valence-corrected chi connectivity index (χ3v) is 9.89. The van der Waals surface area contributed by atoms with E-state index in [0.717, 1.165) is 52.4 Å². The molecule has 4 heterocycles. The molecule has 0 aromatic heterocycles. The molecule has 0 aliphatic carbocycles. The number of benzene rings is 4. The summed E-state index contributed by atoms with van der Waals surface area (Å²) in [5.74, 6) is -1.31. The van der Waals surface area contributed by atoms with Gasteiger partial charge in [0.15, 0.2) is 5.78 Å². The highest BCUT2D eigenvalue weighted by atomic mass is 16.2. The number of para-hydroxylation sites is 1. The van der Waals surface area contributed by atoms with Gasteiger partial charge in [-0.05, 0) is 65.9 Å². The number of aryl methyl sites for hydroxylation is 1. The predicted molar refractivity (Wildman–Crippen MR) is 154 cm³/mol. The molecule has 8 rings (SSSR count). The molecule has 4 aliphatic rings. The van der Waals surface area contributed by atoms with Crippen LogP contribution in [0.5, 0.6) is 0 Å². The zero-order valence-corrected chi connectivity index (χ0v) is 22.2. The molecule has 0 unspecified atom stereocenters. The monoisotopic (exact) mass is 527 g/mol. The number of nitrogens with zero attached hydrogens (tertiary/aromatic N) is 1. The number of carbonyl (C=O) groups excluding carboxylic acids is 3. The number of anilines is 2. The Morgan fingerprint density at radius 2 is 1.60 bits per heavy atom. The van der Waals surface area contributed by atoms with E-state index in [1.165, 1.54) is 0 Å². The van der Waals surface area contributed by atoms with Gasteiger partial charge in [-0.3, -0.25) is 19.3 Å². The average molecular weight is 528 g/mol. The molecule has 2 saturated heterocycles. The summed E-state index contributed by atoms with van der Waals surface area (Å²) in [7, 11) is 0. The van der Waals surface area contributed by atoms with Gasteiger partial charge < -0.3 is 10.6 Å². The van der Waals surface area contributed by atoms with Gasteiger partial charge in [0.05, 0.1) is 5.92 Å². The highest BCUT2D eigenvalue weighted by molar-refractivity contribution is 6.21. The lowest BCUT2D eigenvalue weighted by Gasteiger charge is -2.43. The maximum atomic E-state index is 14.9. The zero-order valence-electron chi connectivity index (χ0n) is 22.2. The third kappa shape index (κ3) is 2.65. The minimum atomic E-state index is -1.42. The fraction of sp³-hybridized carbons (Fsp3) is 0.265. The zero-order chi connectivity index (χ0) is 27.2. The number of ketones is 1. The number of Topliss-reactive ketones (excluding diaryl/α,β-unsaturated/α-hetero) is 1. The van der Waals surface area contributed by atoms with E-state index in [4.69, 9.17) is 0 Å². The van der Waals surface area contributed by atoms with E-state index < -0.39 is 16.9 Å². The van der Waals surface area contributed by atoms with Crippen molar-refractivity contribution in [1.29, 1.82) is 0 Å². The molecule has 4 aliphatic heterocycles. The van der Waals surface area contributed by atoms with Crippen LogP contribution in [0.25, 0.3) is 10.8 Å². The molecule has 4 aromatic carbocycles. The topological polar surface area (TPSA) is 78.5 Å². The second-order valence-corrected chi connectivity index (χ2v) is 11.5. The number of rotatable bonds is 3. The SMILES string of the molecule is CCc1ccc2c(c1)[C@]1(C(=O)N2)N2CCC[C@@H]2[C@H](C(=O)c2ccc3ccccc3c2)[C@]12C(=O)Nc1ccccc12. The van der Waals surface area contributed by atoms with Crippen LogP contribution >= 0.6 is 0 Å². The molecule has 6 nitrogen and oxygen atoms in total. The Kier molecular flexibility index (Phi) is 4.79. The van der Waals surface area contributed by atoms with Gasteiger partial charge in [-0.2, -0.15) is 0 Å². The average Bonchev–Trinajstić information content (AvgIpc) is 3.70. The number of fused-ring (bicyclic) bond motifs is 8. The van der Waals surface area contributed by atoms with Crippen molar-refractivity contribution in [2.45, 2.75) is 43.2 Å². The first-order chi connectivity index (χ1) is 19.5. The Morgan fingerprint density at radius 3 is 2.45 bits per heavy atom. The van der Waals surface area contributed by atoms with E-state index in [-0.39, 0.29) is 23.6 Å². The van der Waals surface area contributed by atoms with Crippen LogP contribution in [0.15, 0.2) is 84.9 Å². The lowest BCUT2D eigenvalue weighted by molar-refractivity contribution is -0.137. The van der Waals surface area contributed by atoms with E-state index in [1.807, 2.05) is 78.9 Å². The standard InChI is InChI=1S/C34H29N3O3/c1-2-20-13-16-27-25(18-20)34(32(40)36-27)33(24-10-5-6-11-26(24)35-31(33)39)29(28-12-7-17-37(28)34)30(38)23-15-14-21-8-3-4-9-22(21)19-23/h3-6,8-11,13-16,18-19,28-29H,2,7,12,17H2,1H3,(H,35,39)(H,36,40)/t28-,29-,33-,34-/m1/s1. The summed E-state index contributed by atoms with van der Waals surface area (Å²) in [4.78, 5) is 46.3. The molecular formula is C34H29N3O3. The summed E-state index contributed by atoms with van der Waals surface area (Å²) in [6.07, 6.45) is 2.42. The van der Waals surface area contributed by atoms with Crippen LogP contribution in [0.4, 0.5) is 11.4 Å². The van der Waals surface area contributed by atoms with Crippen molar-refractivity contribution < 1.29 is 14.4 Å². The third-order valence-electron chi connectivity index (χ3n) is 9.89. The van der Waals surface area contributed by atoms with E-state index in [9.17, 15) is 14.4 Å². The Balaban J connectivity index is 1.45. The molecular weight excluding hydrogens is 498 g/mol. The molecule has 2 N–H and O–H groups in total. The second-order valence-electron chi connectivity index (χ2n) is 11.5. The minimum absolute atomic E-state index is 0.0840. The fourth-order valence-electron chi connectivity index (χ4n) is 8.37. The summed E-state index contributed by atoms with van der Waals surface area (Å²) < 4.78 is 0. The summed E-state index contributed by atoms with van der Waals surface area (Å²) in [6.45, 7) is 2.73. The van der Waals surface area contributed by atoms with E-state index >= 15 is 0 Å². The smallest absolute Gasteiger partial charge is 0.251 e. The molecule has 40 heavy (non-hydrogen) atoms. The number of hydrogen-bond donors (Lipinski definition) is 2. The lowest BCUT2D eigenvalue weighted by Crippen LogP contribution is -2.62. The Morgan fingerprint density at radius 1 is 0.850 bits per heavy atom. The maximum Gasteiger partial charge on any atom is 0.251 e.